The molecular formula is C14H10BrClN2O. The molecule has 0 bridgehead atoms. The number of methoxy groups -OCH3 is 1. The summed E-state index contributed by atoms with van der Waals surface area (Å²) in [6.45, 7) is 0. The second kappa shape index (κ2) is 4.87. The van der Waals surface area contributed by atoms with E-state index in [1.54, 1.807) is 11.6 Å². The van der Waals surface area contributed by atoms with Crippen LogP contribution in [0.1, 0.15) is 0 Å². The van der Waals surface area contributed by atoms with E-state index in [9.17, 15) is 0 Å². The van der Waals surface area contributed by atoms with Gasteiger partial charge < -0.3 is 4.74 Å². The first kappa shape index (κ1) is 12.5. The molecule has 0 amide bonds. The quantitative estimate of drug-likeness (QED) is 0.692. The fourth-order valence-electron chi connectivity index (χ4n) is 1.99. The van der Waals surface area contributed by atoms with Crippen LogP contribution in [0.4, 0.5) is 0 Å². The molecule has 0 fully saturated rings. The van der Waals surface area contributed by atoms with Crippen LogP contribution in [0.3, 0.4) is 0 Å². The van der Waals surface area contributed by atoms with Crippen molar-refractivity contribution in [2.75, 3.05) is 7.11 Å². The smallest absolute Gasteiger partial charge is 0.145 e. The molecule has 0 atom stereocenters. The Morgan fingerprint density at radius 2 is 1.95 bits per heavy atom. The first-order chi connectivity index (χ1) is 9.20. The molecule has 0 unspecified atom stereocenters. The Bertz CT molecular complexity index is 737. The van der Waals surface area contributed by atoms with Gasteiger partial charge in [-0.1, -0.05) is 23.7 Å². The number of hydrogen-bond acceptors (Lipinski definition) is 2. The van der Waals surface area contributed by atoms with Gasteiger partial charge in [0.15, 0.2) is 0 Å². The van der Waals surface area contributed by atoms with Gasteiger partial charge in [0.25, 0.3) is 0 Å². The number of benzene rings is 1. The highest BCUT2D eigenvalue weighted by Gasteiger charge is 2.15. The number of fused-ring (bicyclic) bond motifs is 1. The minimum absolute atomic E-state index is 0.709. The molecular weight excluding hydrogens is 328 g/mol. The van der Waals surface area contributed by atoms with E-state index < -0.39 is 0 Å². The summed E-state index contributed by atoms with van der Waals surface area (Å²) in [6, 6.07) is 11.4. The Balaban J connectivity index is 2.25. The van der Waals surface area contributed by atoms with Crippen LogP contribution < -0.4 is 4.74 Å². The monoisotopic (exact) mass is 336 g/mol. The summed E-state index contributed by atoms with van der Waals surface area (Å²) in [5.41, 5.74) is 2.78. The minimum atomic E-state index is 0.709. The van der Waals surface area contributed by atoms with Crippen LogP contribution in [-0.2, 0) is 0 Å². The van der Waals surface area contributed by atoms with Crippen molar-refractivity contribution in [1.82, 2.24) is 9.61 Å². The Hall–Kier alpha value is -1.52. The number of halogens is 2. The lowest BCUT2D eigenvalue weighted by molar-refractivity contribution is 0.417. The number of aromatic nitrogens is 2. The first-order valence-electron chi connectivity index (χ1n) is 5.67. The molecule has 5 heteroatoms. The molecule has 2 heterocycles. The average Bonchev–Trinajstić information content (AvgIpc) is 2.77. The maximum Gasteiger partial charge on any atom is 0.145 e. The number of pyridine rings is 1. The fraction of sp³-hybridized carbons (Fsp3) is 0.0714. The largest absolute Gasteiger partial charge is 0.494 e. The van der Waals surface area contributed by atoms with E-state index in [1.807, 2.05) is 42.6 Å². The van der Waals surface area contributed by atoms with Crippen LogP contribution in [-0.4, -0.2) is 16.7 Å². The molecule has 3 rings (SSSR count). The molecule has 0 radical (unpaired) electrons. The summed E-state index contributed by atoms with van der Waals surface area (Å²) in [6.07, 6.45) is 1.89. The van der Waals surface area contributed by atoms with Gasteiger partial charge in [0.2, 0.25) is 0 Å². The van der Waals surface area contributed by atoms with E-state index in [2.05, 4.69) is 21.0 Å². The lowest BCUT2D eigenvalue weighted by Gasteiger charge is -2.01. The second-order valence-electron chi connectivity index (χ2n) is 4.04. The summed E-state index contributed by atoms with van der Waals surface area (Å²) in [4.78, 5) is 0. The van der Waals surface area contributed by atoms with Gasteiger partial charge in [0.05, 0.1) is 11.6 Å². The van der Waals surface area contributed by atoms with Crippen molar-refractivity contribution in [2.45, 2.75) is 0 Å². The van der Waals surface area contributed by atoms with Crippen molar-refractivity contribution in [3.05, 3.63) is 52.1 Å². The molecule has 0 saturated carbocycles. The van der Waals surface area contributed by atoms with Crippen LogP contribution in [0.5, 0.6) is 5.75 Å². The van der Waals surface area contributed by atoms with Crippen LogP contribution in [0.25, 0.3) is 16.8 Å². The molecule has 3 aromatic rings. The van der Waals surface area contributed by atoms with Gasteiger partial charge in [-0.3, -0.25) is 0 Å². The van der Waals surface area contributed by atoms with Gasteiger partial charge in [0.1, 0.15) is 17.0 Å². The zero-order chi connectivity index (χ0) is 13.4. The van der Waals surface area contributed by atoms with Crippen LogP contribution in [0.2, 0.25) is 5.02 Å². The molecule has 0 aliphatic rings. The standard InChI is InChI=1S/C14H10BrClN2O/c1-19-11-3-2-8-18-14(11)12(15)13(17-18)9-4-6-10(16)7-5-9/h2-8H,1H3. The number of ether oxygens (including phenoxy) is 1. The summed E-state index contributed by atoms with van der Waals surface area (Å²) in [5, 5.41) is 5.28. The van der Waals surface area contributed by atoms with Crippen LogP contribution in [0.15, 0.2) is 47.1 Å². The molecule has 0 saturated heterocycles. The van der Waals surface area contributed by atoms with Crippen LogP contribution in [0, 0.1) is 0 Å². The molecule has 2 aromatic heterocycles. The molecule has 96 valence electrons. The summed E-state index contributed by atoms with van der Waals surface area (Å²) < 4.78 is 8.07. The van der Waals surface area contributed by atoms with E-state index >= 15 is 0 Å². The second-order valence-corrected chi connectivity index (χ2v) is 5.27. The van der Waals surface area contributed by atoms with Gasteiger partial charge in [-0.15, -0.1) is 0 Å². The lowest BCUT2D eigenvalue weighted by Crippen LogP contribution is -1.90. The zero-order valence-corrected chi connectivity index (χ0v) is 12.4. The summed E-state index contributed by atoms with van der Waals surface area (Å²) in [5.74, 6) is 0.780. The molecule has 0 aliphatic heterocycles. The molecule has 19 heavy (non-hydrogen) atoms. The highest BCUT2D eigenvalue weighted by Crippen LogP contribution is 2.35. The lowest BCUT2D eigenvalue weighted by atomic mass is 10.1. The Morgan fingerprint density at radius 3 is 2.63 bits per heavy atom. The predicted octanol–water partition coefficient (Wildman–Crippen LogP) is 4.43. The SMILES string of the molecule is COc1cccn2nc(-c3ccc(Cl)cc3)c(Br)c12. The van der Waals surface area contributed by atoms with E-state index in [4.69, 9.17) is 16.3 Å². The molecule has 3 nitrogen and oxygen atoms in total. The van der Waals surface area contributed by atoms with Crippen molar-refractivity contribution >= 4 is 33.0 Å². The van der Waals surface area contributed by atoms with Gasteiger partial charge in [-0.2, -0.15) is 5.10 Å². The van der Waals surface area contributed by atoms with Crippen molar-refractivity contribution in [3.8, 4) is 17.0 Å². The Kier molecular flexibility index (Phi) is 3.21. The Labute approximate surface area is 123 Å². The molecule has 0 N–H and O–H groups in total. The van der Waals surface area contributed by atoms with E-state index in [-0.39, 0.29) is 0 Å². The van der Waals surface area contributed by atoms with E-state index in [1.165, 1.54) is 0 Å². The normalized spacial score (nSPS) is 10.9. The highest BCUT2D eigenvalue weighted by atomic mass is 79.9. The van der Waals surface area contributed by atoms with Crippen molar-refractivity contribution in [3.63, 3.8) is 0 Å². The third-order valence-corrected chi connectivity index (χ3v) is 3.90. The maximum absolute atomic E-state index is 5.91. The van der Waals surface area contributed by atoms with Gasteiger partial charge in [-0.05, 0) is 40.2 Å². The fourth-order valence-corrected chi connectivity index (χ4v) is 2.80. The third kappa shape index (κ3) is 2.11. The number of nitrogens with zero attached hydrogens (tertiary/aromatic N) is 2. The number of rotatable bonds is 2. The van der Waals surface area contributed by atoms with E-state index in [0.29, 0.717) is 5.02 Å². The molecule has 0 aliphatic carbocycles. The number of hydrogen-bond donors (Lipinski definition) is 0. The maximum atomic E-state index is 5.91. The molecule has 0 spiro atoms. The van der Waals surface area contributed by atoms with Gasteiger partial charge in [-0.25, -0.2) is 4.52 Å². The van der Waals surface area contributed by atoms with Gasteiger partial charge in [0, 0.05) is 16.8 Å². The summed E-state index contributed by atoms with van der Waals surface area (Å²) >= 11 is 9.51. The third-order valence-electron chi connectivity index (χ3n) is 2.90. The van der Waals surface area contributed by atoms with Crippen molar-refractivity contribution in [2.24, 2.45) is 0 Å². The average molecular weight is 338 g/mol. The van der Waals surface area contributed by atoms with Crippen molar-refractivity contribution < 1.29 is 4.74 Å². The zero-order valence-electron chi connectivity index (χ0n) is 10.1. The highest BCUT2D eigenvalue weighted by molar-refractivity contribution is 9.10. The Morgan fingerprint density at radius 1 is 1.21 bits per heavy atom. The van der Waals surface area contributed by atoms with Crippen molar-refractivity contribution in [1.29, 1.82) is 0 Å². The predicted molar refractivity (Wildman–Crippen MR) is 79.9 cm³/mol. The summed E-state index contributed by atoms with van der Waals surface area (Å²) in [7, 11) is 1.65. The first-order valence-corrected chi connectivity index (χ1v) is 6.84. The minimum Gasteiger partial charge on any atom is -0.494 e. The topological polar surface area (TPSA) is 26.5 Å². The van der Waals surface area contributed by atoms with Crippen LogP contribution >= 0.6 is 27.5 Å². The van der Waals surface area contributed by atoms with E-state index in [0.717, 1.165) is 27.0 Å². The molecule has 1 aromatic carbocycles. The van der Waals surface area contributed by atoms with Gasteiger partial charge >= 0.3 is 0 Å².